The second kappa shape index (κ2) is 7.66. The molecule has 2 aromatic carbocycles. The van der Waals surface area contributed by atoms with Gasteiger partial charge in [0.1, 0.15) is 0 Å². The van der Waals surface area contributed by atoms with E-state index in [-0.39, 0.29) is 5.91 Å². The van der Waals surface area contributed by atoms with E-state index in [0.717, 1.165) is 17.8 Å². The Labute approximate surface area is 166 Å². The number of piperazine rings is 1. The molecule has 1 aromatic heterocycles. The number of hydrogen-bond donors (Lipinski definition) is 0. The lowest BCUT2D eigenvalue weighted by atomic mass is 10.1. The zero-order valence-corrected chi connectivity index (χ0v) is 15.6. The van der Waals surface area contributed by atoms with Crippen LogP contribution in [0.25, 0.3) is 5.69 Å². The Morgan fingerprint density at radius 2 is 1.45 bits per heavy atom. The fourth-order valence-electron chi connectivity index (χ4n) is 3.54. The molecule has 0 spiro atoms. The summed E-state index contributed by atoms with van der Waals surface area (Å²) in [5.74, 6) is -0.0669. The van der Waals surface area contributed by atoms with Crippen LogP contribution in [0.3, 0.4) is 0 Å². The Morgan fingerprint density at radius 1 is 0.793 bits per heavy atom. The molecule has 7 heteroatoms. The number of rotatable bonds is 3. The molecule has 0 bridgehead atoms. The molecule has 4 nitrogen and oxygen atoms in total. The Bertz CT molecular complexity index is 991. The lowest BCUT2D eigenvalue weighted by Gasteiger charge is -2.36. The van der Waals surface area contributed by atoms with Crippen molar-refractivity contribution >= 4 is 11.6 Å². The van der Waals surface area contributed by atoms with Crippen LogP contribution >= 0.6 is 0 Å². The third kappa shape index (κ3) is 4.13. The molecule has 1 amide bonds. The lowest BCUT2D eigenvalue weighted by molar-refractivity contribution is -0.137. The molecule has 0 radical (unpaired) electrons. The molecule has 1 aliphatic rings. The van der Waals surface area contributed by atoms with Gasteiger partial charge in [-0.3, -0.25) is 4.79 Å². The highest BCUT2D eigenvalue weighted by Crippen LogP contribution is 2.32. The number of halogens is 3. The van der Waals surface area contributed by atoms with Crippen molar-refractivity contribution in [3.63, 3.8) is 0 Å². The maximum absolute atomic E-state index is 13.0. The molecular weight excluding hydrogens is 379 g/mol. The number of carbonyl (C=O) groups is 1. The van der Waals surface area contributed by atoms with Crippen LogP contribution < -0.4 is 4.90 Å². The van der Waals surface area contributed by atoms with Crippen molar-refractivity contribution in [3.05, 3.63) is 84.2 Å². The first-order chi connectivity index (χ1) is 13.9. The first-order valence-corrected chi connectivity index (χ1v) is 9.37. The van der Waals surface area contributed by atoms with E-state index >= 15 is 0 Å². The summed E-state index contributed by atoms with van der Waals surface area (Å²) in [5.41, 5.74) is 1.38. The standard InChI is InChI=1S/C22H20F3N3O/c23-22(24,25)18-6-4-8-20(16-18)27-11-13-28(14-12-27)21(29)17-5-3-7-19(15-17)26-9-1-2-10-26/h1-10,15-16H,11-14H2. The van der Waals surface area contributed by atoms with Gasteiger partial charge in [-0.2, -0.15) is 13.2 Å². The van der Waals surface area contributed by atoms with E-state index in [4.69, 9.17) is 0 Å². The predicted molar refractivity (Wildman–Crippen MR) is 105 cm³/mol. The van der Waals surface area contributed by atoms with Crippen LogP contribution in [0.1, 0.15) is 15.9 Å². The zero-order valence-electron chi connectivity index (χ0n) is 15.6. The highest BCUT2D eigenvalue weighted by atomic mass is 19.4. The van der Waals surface area contributed by atoms with Gasteiger partial charge >= 0.3 is 6.18 Å². The Hall–Kier alpha value is -3.22. The van der Waals surface area contributed by atoms with Crippen LogP contribution in [0.2, 0.25) is 0 Å². The predicted octanol–water partition coefficient (Wildman–Crippen LogP) is 4.46. The van der Waals surface area contributed by atoms with Gasteiger partial charge in [0, 0.05) is 55.5 Å². The molecule has 0 aliphatic carbocycles. The first kappa shape index (κ1) is 19.1. The smallest absolute Gasteiger partial charge is 0.368 e. The van der Waals surface area contributed by atoms with Crippen molar-refractivity contribution in [2.24, 2.45) is 0 Å². The quantitative estimate of drug-likeness (QED) is 0.651. The zero-order chi connectivity index (χ0) is 20.4. The summed E-state index contributed by atoms with van der Waals surface area (Å²) in [6, 6.07) is 16.6. The minimum Gasteiger partial charge on any atom is -0.368 e. The number of carbonyl (C=O) groups excluding carboxylic acids is 1. The first-order valence-electron chi connectivity index (χ1n) is 9.37. The van der Waals surface area contributed by atoms with Gasteiger partial charge in [0.25, 0.3) is 5.91 Å². The van der Waals surface area contributed by atoms with Gasteiger partial charge in [0.15, 0.2) is 0 Å². The van der Waals surface area contributed by atoms with E-state index in [0.29, 0.717) is 37.4 Å². The van der Waals surface area contributed by atoms with Gasteiger partial charge < -0.3 is 14.4 Å². The van der Waals surface area contributed by atoms with Crippen molar-refractivity contribution in [2.75, 3.05) is 31.1 Å². The van der Waals surface area contributed by atoms with E-state index in [9.17, 15) is 18.0 Å². The van der Waals surface area contributed by atoms with E-state index in [1.807, 2.05) is 52.2 Å². The average Bonchev–Trinajstić information content (AvgIpc) is 3.28. The minimum atomic E-state index is -4.36. The molecule has 0 saturated carbocycles. The van der Waals surface area contributed by atoms with E-state index < -0.39 is 11.7 Å². The number of benzene rings is 2. The van der Waals surface area contributed by atoms with Crippen molar-refractivity contribution in [2.45, 2.75) is 6.18 Å². The fourth-order valence-corrected chi connectivity index (χ4v) is 3.54. The van der Waals surface area contributed by atoms with E-state index in [1.54, 1.807) is 17.0 Å². The molecular formula is C22H20F3N3O. The number of alkyl halides is 3. The third-order valence-corrected chi connectivity index (χ3v) is 5.10. The third-order valence-electron chi connectivity index (χ3n) is 5.10. The highest BCUT2D eigenvalue weighted by Gasteiger charge is 2.31. The van der Waals surface area contributed by atoms with Gasteiger partial charge in [0.05, 0.1) is 5.56 Å². The van der Waals surface area contributed by atoms with Crippen LogP contribution in [0.15, 0.2) is 73.1 Å². The van der Waals surface area contributed by atoms with Crippen LogP contribution in [0.4, 0.5) is 18.9 Å². The van der Waals surface area contributed by atoms with Gasteiger partial charge in [0.2, 0.25) is 0 Å². The second-order valence-corrected chi connectivity index (χ2v) is 6.97. The molecule has 150 valence electrons. The number of hydrogen-bond acceptors (Lipinski definition) is 2. The highest BCUT2D eigenvalue weighted by molar-refractivity contribution is 5.95. The normalized spacial score (nSPS) is 14.9. The molecule has 2 heterocycles. The Balaban J connectivity index is 1.44. The Kier molecular flexibility index (Phi) is 5.05. The van der Waals surface area contributed by atoms with Crippen LogP contribution in [-0.4, -0.2) is 41.6 Å². The van der Waals surface area contributed by atoms with Crippen molar-refractivity contribution < 1.29 is 18.0 Å². The average molecular weight is 399 g/mol. The van der Waals surface area contributed by atoms with Crippen LogP contribution in [-0.2, 0) is 6.18 Å². The van der Waals surface area contributed by atoms with E-state index in [1.165, 1.54) is 6.07 Å². The molecule has 1 fully saturated rings. The summed E-state index contributed by atoms with van der Waals surface area (Å²) in [4.78, 5) is 16.5. The topological polar surface area (TPSA) is 28.5 Å². The SMILES string of the molecule is O=C(c1cccc(-n2cccc2)c1)N1CCN(c2cccc(C(F)(F)F)c2)CC1. The van der Waals surface area contributed by atoms with Gasteiger partial charge in [-0.25, -0.2) is 0 Å². The molecule has 1 saturated heterocycles. The van der Waals surface area contributed by atoms with Gasteiger partial charge in [-0.05, 0) is 48.5 Å². The number of anilines is 1. The minimum absolute atomic E-state index is 0.0669. The number of amides is 1. The summed E-state index contributed by atoms with van der Waals surface area (Å²) >= 11 is 0. The molecule has 4 rings (SSSR count). The molecule has 0 unspecified atom stereocenters. The summed E-state index contributed by atoms with van der Waals surface area (Å²) in [6.07, 6.45) is -0.534. The summed E-state index contributed by atoms with van der Waals surface area (Å²) in [7, 11) is 0. The molecule has 3 aromatic rings. The summed E-state index contributed by atoms with van der Waals surface area (Å²) in [6.45, 7) is 1.90. The maximum Gasteiger partial charge on any atom is 0.416 e. The largest absolute Gasteiger partial charge is 0.416 e. The maximum atomic E-state index is 13.0. The van der Waals surface area contributed by atoms with Gasteiger partial charge in [-0.1, -0.05) is 12.1 Å². The van der Waals surface area contributed by atoms with E-state index in [2.05, 4.69) is 0 Å². The summed E-state index contributed by atoms with van der Waals surface area (Å²) in [5, 5.41) is 0. The second-order valence-electron chi connectivity index (χ2n) is 6.97. The lowest BCUT2D eigenvalue weighted by Crippen LogP contribution is -2.48. The van der Waals surface area contributed by atoms with Crippen molar-refractivity contribution in [1.29, 1.82) is 0 Å². The Morgan fingerprint density at radius 3 is 2.14 bits per heavy atom. The number of nitrogens with zero attached hydrogens (tertiary/aromatic N) is 3. The monoisotopic (exact) mass is 399 g/mol. The van der Waals surface area contributed by atoms with Crippen molar-refractivity contribution in [3.8, 4) is 5.69 Å². The fraction of sp³-hybridized carbons (Fsp3) is 0.227. The molecule has 29 heavy (non-hydrogen) atoms. The molecule has 1 aliphatic heterocycles. The summed E-state index contributed by atoms with van der Waals surface area (Å²) < 4.78 is 40.8. The van der Waals surface area contributed by atoms with Crippen LogP contribution in [0, 0.1) is 0 Å². The van der Waals surface area contributed by atoms with Crippen molar-refractivity contribution in [1.82, 2.24) is 9.47 Å². The molecule has 0 atom stereocenters. The molecule has 0 N–H and O–H groups in total. The number of aromatic nitrogens is 1. The van der Waals surface area contributed by atoms with Crippen LogP contribution in [0.5, 0.6) is 0 Å². The van der Waals surface area contributed by atoms with Gasteiger partial charge in [-0.15, -0.1) is 0 Å².